The predicted octanol–water partition coefficient (Wildman–Crippen LogP) is 7.12. The molecule has 0 atom stereocenters. The number of fused-ring (bicyclic) bond motifs is 5. The van der Waals surface area contributed by atoms with E-state index in [9.17, 15) is 0 Å². The number of benzene rings is 5. The van der Waals surface area contributed by atoms with Crippen molar-refractivity contribution in [3.8, 4) is 11.1 Å². The molecule has 0 spiro atoms. The SMILES string of the molecule is Cc1ccc(-c2ccc3c(ccc4c5ccccc5ccc34)c2)cc1. The Balaban J connectivity index is 1.77. The van der Waals surface area contributed by atoms with E-state index in [4.69, 9.17) is 0 Å². The van der Waals surface area contributed by atoms with Gasteiger partial charge in [-0.3, -0.25) is 0 Å². The molecule has 0 unspecified atom stereocenters. The first-order valence-corrected chi connectivity index (χ1v) is 8.71. The van der Waals surface area contributed by atoms with Gasteiger partial charge in [0.2, 0.25) is 0 Å². The summed E-state index contributed by atoms with van der Waals surface area (Å²) in [5.74, 6) is 0. The van der Waals surface area contributed by atoms with Crippen molar-refractivity contribution in [2.75, 3.05) is 0 Å². The van der Waals surface area contributed by atoms with Crippen molar-refractivity contribution in [2.24, 2.45) is 0 Å². The van der Waals surface area contributed by atoms with E-state index in [1.54, 1.807) is 0 Å². The van der Waals surface area contributed by atoms with Crippen molar-refractivity contribution in [1.82, 2.24) is 0 Å². The van der Waals surface area contributed by atoms with Crippen LogP contribution in [0.25, 0.3) is 43.4 Å². The van der Waals surface area contributed by atoms with E-state index < -0.39 is 0 Å². The summed E-state index contributed by atoms with van der Waals surface area (Å²) in [6.07, 6.45) is 0. The van der Waals surface area contributed by atoms with Crippen molar-refractivity contribution in [2.45, 2.75) is 6.92 Å². The average Bonchev–Trinajstić information content (AvgIpc) is 2.67. The minimum absolute atomic E-state index is 1.27. The molecule has 0 nitrogen and oxygen atoms in total. The Bertz CT molecular complexity index is 1230. The zero-order chi connectivity index (χ0) is 16.8. The highest BCUT2D eigenvalue weighted by Crippen LogP contribution is 2.33. The minimum Gasteiger partial charge on any atom is -0.0616 e. The van der Waals surface area contributed by atoms with Crippen LogP contribution in [0, 0.1) is 6.92 Å². The van der Waals surface area contributed by atoms with E-state index in [2.05, 4.69) is 97.9 Å². The number of aryl methyl sites for hydroxylation is 1. The lowest BCUT2D eigenvalue weighted by molar-refractivity contribution is 1.47. The lowest BCUT2D eigenvalue weighted by Gasteiger charge is -2.09. The third-order valence-corrected chi connectivity index (χ3v) is 5.13. The third kappa shape index (κ3) is 2.30. The highest BCUT2D eigenvalue weighted by Gasteiger charge is 2.06. The molecule has 5 aromatic rings. The van der Waals surface area contributed by atoms with E-state index in [0.717, 1.165) is 0 Å². The molecular formula is C25H18. The molecule has 118 valence electrons. The summed E-state index contributed by atoms with van der Waals surface area (Å²) in [6.45, 7) is 2.13. The molecule has 0 saturated carbocycles. The maximum Gasteiger partial charge on any atom is -0.00990 e. The zero-order valence-electron chi connectivity index (χ0n) is 14.2. The van der Waals surface area contributed by atoms with Crippen LogP contribution in [-0.4, -0.2) is 0 Å². The molecule has 5 aromatic carbocycles. The highest BCUT2D eigenvalue weighted by atomic mass is 14.1. The van der Waals surface area contributed by atoms with E-state index in [0.29, 0.717) is 0 Å². The van der Waals surface area contributed by atoms with Crippen LogP contribution in [0.3, 0.4) is 0 Å². The van der Waals surface area contributed by atoms with Crippen LogP contribution in [0.15, 0.2) is 91.0 Å². The number of rotatable bonds is 1. The van der Waals surface area contributed by atoms with Crippen LogP contribution in [-0.2, 0) is 0 Å². The second-order valence-corrected chi connectivity index (χ2v) is 6.75. The summed E-state index contributed by atoms with van der Waals surface area (Å²) < 4.78 is 0. The van der Waals surface area contributed by atoms with Crippen molar-refractivity contribution in [1.29, 1.82) is 0 Å². The van der Waals surface area contributed by atoms with Gasteiger partial charge < -0.3 is 0 Å². The van der Waals surface area contributed by atoms with Gasteiger partial charge in [-0.25, -0.2) is 0 Å². The molecular weight excluding hydrogens is 300 g/mol. The Labute approximate surface area is 147 Å². The first kappa shape index (κ1) is 14.2. The van der Waals surface area contributed by atoms with Crippen LogP contribution >= 0.6 is 0 Å². The summed E-state index contributed by atoms with van der Waals surface area (Å²) in [4.78, 5) is 0. The Morgan fingerprint density at radius 2 is 1.04 bits per heavy atom. The molecule has 0 amide bonds. The van der Waals surface area contributed by atoms with Gasteiger partial charge >= 0.3 is 0 Å². The molecule has 0 saturated heterocycles. The molecule has 0 heteroatoms. The number of hydrogen-bond donors (Lipinski definition) is 0. The van der Waals surface area contributed by atoms with Crippen molar-refractivity contribution in [3.05, 3.63) is 96.6 Å². The van der Waals surface area contributed by atoms with Gasteiger partial charge in [-0.1, -0.05) is 90.5 Å². The van der Waals surface area contributed by atoms with Crippen LogP contribution in [0.1, 0.15) is 5.56 Å². The third-order valence-electron chi connectivity index (χ3n) is 5.13. The molecule has 0 aliphatic heterocycles. The Kier molecular flexibility index (Phi) is 3.11. The summed E-state index contributed by atoms with van der Waals surface area (Å²) in [5.41, 5.74) is 3.83. The Hall–Kier alpha value is -3.12. The Morgan fingerprint density at radius 1 is 0.440 bits per heavy atom. The molecule has 0 bridgehead atoms. The topological polar surface area (TPSA) is 0 Å². The van der Waals surface area contributed by atoms with Gasteiger partial charge in [0.15, 0.2) is 0 Å². The van der Waals surface area contributed by atoms with Gasteiger partial charge in [-0.2, -0.15) is 0 Å². The van der Waals surface area contributed by atoms with E-state index in [1.807, 2.05) is 0 Å². The number of hydrogen-bond acceptors (Lipinski definition) is 0. The summed E-state index contributed by atoms with van der Waals surface area (Å²) in [7, 11) is 0. The van der Waals surface area contributed by atoms with Gasteiger partial charge in [0.25, 0.3) is 0 Å². The lowest BCUT2D eigenvalue weighted by Crippen LogP contribution is -1.83. The van der Waals surface area contributed by atoms with Crippen LogP contribution in [0.5, 0.6) is 0 Å². The fraction of sp³-hybridized carbons (Fsp3) is 0.0400. The normalized spacial score (nSPS) is 11.4. The smallest absolute Gasteiger partial charge is 0.00990 e. The molecule has 0 N–H and O–H groups in total. The highest BCUT2D eigenvalue weighted by molar-refractivity contribution is 6.17. The molecule has 25 heavy (non-hydrogen) atoms. The second-order valence-electron chi connectivity index (χ2n) is 6.75. The van der Waals surface area contributed by atoms with Crippen molar-refractivity contribution < 1.29 is 0 Å². The monoisotopic (exact) mass is 318 g/mol. The quantitative estimate of drug-likeness (QED) is 0.289. The maximum atomic E-state index is 2.30. The van der Waals surface area contributed by atoms with Gasteiger partial charge in [0, 0.05) is 0 Å². The van der Waals surface area contributed by atoms with E-state index in [-0.39, 0.29) is 0 Å². The van der Waals surface area contributed by atoms with Crippen molar-refractivity contribution >= 4 is 32.3 Å². The summed E-state index contributed by atoms with van der Waals surface area (Å²) in [5, 5.41) is 7.88. The summed E-state index contributed by atoms with van der Waals surface area (Å²) in [6, 6.07) is 33.2. The van der Waals surface area contributed by atoms with Gasteiger partial charge in [0.05, 0.1) is 0 Å². The summed E-state index contributed by atoms with van der Waals surface area (Å²) >= 11 is 0. The van der Waals surface area contributed by atoms with Crippen LogP contribution in [0.4, 0.5) is 0 Å². The first-order valence-electron chi connectivity index (χ1n) is 8.71. The van der Waals surface area contributed by atoms with Crippen LogP contribution < -0.4 is 0 Å². The van der Waals surface area contributed by atoms with Gasteiger partial charge in [0.1, 0.15) is 0 Å². The second kappa shape index (κ2) is 5.46. The average molecular weight is 318 g/mol. The predicted molar refractivity (Wildman–Crippen MR) is 109 cm³/mol. The molecule has 0 aromatic heterocycles. The molecule has 0 fully saturated rings. The molecule has 0 heterocycles. The zero-order valence-corrected chi connectivity index (χ0v) is 14.2. The standard InChI is InChI=1S/C25H18/c1-17-6-8-18(9-7-17)20-11-13-23-21(16-20)12-15-24-22-5-3-2-4-19(22)10-14-25(23)24/h2-16H,1H3. The fourth-order valence-electron chi connectivity index (χ4n) is 3.75. The molecule has 5 rings (SSSR count). The minimum atomic E-state index is 1.27. The Morgan fingerprint density at radius 3 is 1.84 bits per heavy atom. The molecule has 0 aliphatic rings. The van der Waals surface area contributed by atoms with Crippen molar-refractivity contribution in [3.63, 3.8) is 0 Å². The van der Waals surface area contributed by atoms with Gasteiger partial charge in [-0.15, -0.1) is 0 Å². The van der Waals surface area contributed by atoms with E-state index >= 15 is 0 Å². The van der Waals surface area contributed by atoms with Gasteiger partial charge in [-0.05, 0) is 56.4 Å². The molecule has 0 radical (unpaired) electrons. The maximum absolute atomic E-state index is 2.30. The largest absolute Gasteiger partial charge is 0.0616 e. The van der Waals surface area contributed by atoms with Crippen LogP contribution in [0.2, 0.25) is 0 Å². The molecule has 0 aliphatic carbocycles. The van der Waals surface area contributed by atoms with E-state index in [1.165, 1.54) is 49.0 Å². The first-order chi connectivity index (χ1) is 12.3. The lowest BCUT2D eigenvalue weighted by atomic mass is 9.95. The fourth-order valence-corrected chi connectivity index (χ4v) is 3.75.